The van der Waals surface area contributed by atoms with Gasteiger partial charge >= 0.3 is 0 Å². The lowest BCUT2D eigenvalue weighted by Crippen LogP contribution is -2.13. The van der Waals surface area contributed by atoms with E-state index in [0.717, 1.165) is 28.7 Å². The van der Waals surface area contributed by atoms with Gasteiger partial charge in [-0.1, -0.05) is 86.5 Å². The summed E-state index contributed by atoms with van der Waals surface area (Å²) in [5, 5.41) is 1.74. The highest BCUT2D eigenvalue weighted by molar-refractivity contribution is 5.88. The van der Waals surface area contributed by atoms with E-state index >= 15 is 4.39 Å². The summed E-state index contributed by atoms with van der Waals surface area (Å²) in [5.41, 5.74) is 4.42. The summed E-state index contributed by atoms with van der Waals surface area (Å²) in [6.45, 7) is 4.33. The Hall–Kier alpha value is -2.41. The second kappa shape index (κ2) is 11.6. The van der Waals surface area contributed by atoms with Crippen LogP contribution in [0.25, 0.3) is 21.9 Å². The van der Waals surface area contributed by atoms with E-state index in [-0.39, 0.29) is 5.82 Å². The van der Waals surface area contributed by atoms with Crippen LogP contribution in [0.15, 0.2) is 66.7 Å². The van der Waals surface area contributed by atoms with E-state index in [0.29, 0.717) is 11.5 Å². The van der Waals surface area contributed by atoms with Gasteiger partial charge in [-0.2, -0.15) is 0 Å². The number of benzene rings is 3. The van der Waals surface area contributed by atoms with Crippen molar-refractivity contribution in [2.75, 3.05) is 0 Å². The minimum atomic E-state index is -0.0954. The summed E-state index contributed by atoms with van der Waals surface area (Å²) in [4.78, 5) is 0. The molecule has 0 unspecified atom stereocenters. The highest BCUT2D eigenvalue weighted by atomic mass is 19.1. The van der Waals surface area contributed by atoms with Crippen molar-refractivity contribution in [2.24, 2.45) is 5.92 Å². The molecular weight excluding hydrogens is 403 g/mol. The van der Waals surface area contributed by atoms with Crippen molar-refractivity contribution in [3.05, 3.63) is 83.7 Å². The Bertz CT molecular complexity index is 1050. The number of halogens is 1. The Morgan fingerprint density at radius 1 is 0.909 bits per heavy atom. The first-order valence-corrected chi connectivity index (χ1v) is 13.1. The zero-order valence-corrected chi connectivity index (χ0v) is 20.5. The van der Waals surface area contributed by atoms with Crippen LogP contribution in [0.1, 0.15) is 88.7 Å². The van der Waals surface area contributed by atoms with Crippen LogP contribution in [0.2, 0.25) is 0 Å². The van der Waals surface area contributed by atoms with E-state index < -0.39 is 0 Å². The van der Waals surface area contributed by atoms with Gasteiger partial charge in [0.2, 0.25) is 0 Å². The maximum atomic E-state index is 15.4. The minimum Gasteiger partial charge on any atom is -0.206 e. The Balaban J connectivity index is 1.43. The van der Waals surface area contributed by atoms with Crippen LogP contribution in [-0.2, 0) is 6.42 Å². The van der Waals surface area contributed by atoms with Gasteiger partial charge in [-0.3, -0.25) is 0 Å². The van der Waals surface area contributed by atoms with Gasteiger partial charge in [0.25, 0.3) is 0 Å². The van der Waals surface area contributed by atoms with Gasteiger partial charge < -0.3 is 0 Å². The zero-order valence-electron chi connectivity index (χ0n) is 20.5. The lowest BCUT2D eigenvalue weighted by Gasteiger charge is -2.28. The van der Waals surface area contributed by atoms with E-state index in [1.807, 2.05) is 12.1 Å². The second-order valence-electron chi connectivity index (χ2n) is 9.93. The summed E-state index contributed by atoms with van der Waals surface area (Å²) in [6.07, 6.45) is 17.0. The largest absolute Gasteiger partial charge is 0.206 e. The maximum Gasteiger partial charge on any atom is 0.138 e. The number of allylic oxidation sites excluding steroid dienone is 2. The van der Waals surface area contributed by atoms with Crippen LogP contribution in [0.5, 0.6) is 0 Å². The quantitative estimate of drug-likeness (QED) is 0.228. The summed E-state index contributed by atoms with van der Waals surface area (Å²) in [6, 6.07) is 19.0. The Morgan fingerprint density at radius 2 is 1.70 bits per heavy atom. The third kappa shape index (κ3) is 5.94. The molecule has 0 saturated heterocycles. The molecule has 0 spiro atoms. The molecule has 0 N–H and O–H groups in total. The molecule has 1 aliphatic carbocycles. The van der Waals surface area contributed by atoms with Gasteiger partial charge in [0.15, 0.2) is 0 Å². The molecule has 0 bridgehead atoms. The Kier molecular flexibility index (Phi) is 8.37. The van der Waals surface area contributed by atoms with E-state index in [1.165, 1.54) is 68.9 Å². The van der Waals surface area contributed by atoms with Gasteiger partial charge in [0.05, 0.1) is 0 Å². The molecule has 0 aliphatic heterocycles. The lowest BCUT2D eigenvalue weighted by molar-refractivity contribution is 0.312. The van der Waals surface area contributed by atoms with Crippen LogP contribution in [0.3, 0.4) is 0 Å². The van der Waals surface area contributed by atoms with Gasteiger partial charge in [-0.25, -0.2) is 4.39 Å². The maximum absolute atomic E-state index is 15.4. The van der Waals surface area contributed by atoms with Gasteiger partial charge in [-0.15, -0.1) is 0 Å². The summed E-state index contributed by atoms with van der Waals surface area (Å²) < 4.78 is 15.4. The number of fused-ring (bicyclic) bond motifs is 1. The number of unbranched alkanes of at least 4 members (excludes halogenated alkanes) is 2. The van der Waals surface area contributed by atoms with Gasteiger partial charge in [-0.05, 0) is 92.2 Å². The third-order valence-electron chi connectivity index (χ3n) is 7.60. The summed E-state index contributed by atoms with van der Waals surface area (Å²) in [5.74, 6) is 1.45. The predicted molar refractivity (Wildman–Crippen MR) is 141 cm³/mol. The molecule has 3 aromatic rings. The van der Waals surface area contributed by atoms with Crippen molar-refractivity contribution in [3.8, 4) is 11.1 Å². The molecule has 4 rings (SSSR count). The van der Waals surface area contributed by atoms with Crippen LogP contribution in [0, 0.1) is 11.7 Å². The molecule has 0 radical (unpaired) electrons. The fraction of sp³-hybridized carbons (Fsp3) is 0.438. The summed E-state index contributed by atoms with van der Waals surface area (Å²) >= 11 is 0. The van der Waals surface area contributed by atoms with E-state index in [4.69, 9.17) is 0 Å². The average Bonchev–Trinajstić information content (AvgIpc) is 2.85. The molecule has 3 aromatic carbocycles. The average molecular weight is 443 g/mol. The molecule has 0 amide bonds. The first-order valence-electron chi connectivity index (χ1n) is 13.1. The molecule has 0 aromatic heterocycles. The lowest BCUT2D eigenvalue weighted by atomic mass is 9.77. The van der Waals surface area contributed by atoms with Crippen LogP contribution < -0.4 is 0 Å². The molecule has 33 heavy (non-hydrogen) atoms. The standard InChI is InChI=1S/C32H39F/c1-3-5-7-9-24-11-14-26(15-12-24)27-16-18-28(19-17-27)30-22-20-29-23-25(10-8-6-4-2)13-21-31(29)32(30)33/h3,5,13,16-24,26H,4,6-12,14-15H2,1-2H3/b5-3+. The van der Waals surface area contributed by atoms with Crippen LogP contribution in [0.4, 0.5) is 4.39 Å². The molecular formula is C32H39F. The number of rotatable bonds is 9. The molecule has 1 saturated carbocycles. The summed E-state index contributed by atoms with van der Waals surface area (Å²) in [7, 11) is 0. The minimum absolute atomic E-state index is 0.0954. The highest BCUT2D eigenvalue weighted by Crippen LogP contribution is 2.38. The molecule has 0 heterocycles. The highest BCUT2D eigenvalue weighted by Gasteiger charge is 2.22. The first kappa shape index (κ1) is 23.7. The molecule has 0 nitrogen and oxygen atoms in total. The van der Waals surface area contributed by atoms with Crippen LogP contribution >= 0.6 is 0 Å². The fourth-order valence-electron chi connectivity index (χ4n) is 5.52. The Labute approximate surface area is 199 Å². The topological polar surface area (TPSA) is 0 Å². The first-order chi connectivity index (χ1) is 16.2. The van der Waals surface area contributed by atoms with Crippen molar-refractivity contribution in [1.29, 1.82) is 0 Å². The SMILES string of the molecule is C/C=C/CCC1CCC(c2ccc(-c3ccc4cc(CCCCC)ccc4c3F)cc2)CC1. The van der Waals surface area contributed by atoms with Crippen molar-refractivity contribution in [2.45, 2.75) is 84.0 Å². The molecule has 1 aliphatic rings. The smallest absolute Gasteiger partial charge is 0.138 e. The van der Waals surface area contributed by atoms with Crippen LogP contribution in [-0.4, -0.2) is 0 Å². The zero-order chi connectivity index (χ0) is 23.0. The number of hydrogen-bond acceptors (Lipinski definition) is 0. The molecule has 174 valence electrons. The van der Waals surface area contributed by atoms with Crippen molar-refractivity contribution in [1.82, 2.24) is 0 Å². The second-order valence-corrected chi connectivity index (χ2v) is 9.93. The van der Waals surface area contributed by atoms with Gasteiger partial charge in [0, 0.05) is 10.9 Å². The van der Waals surface area contributed by atoms with E-state index in [9.17, 15) is 0 Å². The van der Waals surface area contributed by atoms with Crippen molar-refractivity contribution >= 4 is 10.8 Å². The fourth-order valence-corrected chi connectivity index (χ4v) is 5.52. The normalized spacial score (nSPS) is 18.9. The molecule has 1 fully saturated rings. The van der Waals surface area contributed by atoms with Crippen molar-refractivity contribution < 1.29 is 4.39 Å². The predicted octanol–water partition coefficient (Wildman–Crippen LogP) is 10.0. The van der Waals surface area contributed by atoms with E-state index in [2.05, 4.69) is 68.5 Å². The molecule has 0 atom stereocenters. The number of hydrogen-bond donors (Lipinski definition) is 0. The molecule has 1 heteroatoms. The Morgan fingerprint density at radius 3 is 2.42 bits per heavy atom. The third-order valence-corrected chi connectivity index (χ3v) is 7.60. The number of aryl methyl sites for hydroxylation is 1. The van der Waals surface area contributed by atoms with E-state index in [1.54, 1.807) is 0 Å². The van der Waals surface area contributed by atoms with Crippen molar-refractivity contribution in [3.63, 3.8) is 0 Å². The monoisotopic (exact) mass is 442 g/mol. The van der Waals surface area contributed by atoms with Gasteiger partial charge in [0.1, 0.15) is 5.82 Å².